The van der Waals surface area contributed by atoms with Gasteiger partial charge in [-0.05, 0) is 51.5 Å². The number of hydrogen-bond acceptors (Lipinski definition) is 2. The summed E-state index contributed by atoms with van der Waals surface area (Å²) >= 11 is 0. The quantitative estimate of drug-likeness (QED) is 0.583. The van der Waals surface area contributed by atoms with E-state index in [9.17, 15) is 0 Å². The summed E-state index contributed by atoms with van der Waals surface area (Å²) in [6, 6.07) is 9.41. The SMILES string of the molecule is CCCCCCC(C)Nc1ccc(N(CC)CC)cc1. The molecule has 1 atom stereocenters. The maximum atomic E-state index is 3.60. The zero-order valence-corrected chi connectivity index (χ0v) is 13.8. The molecule has 0 heterocycles. The monoisotopic (exact) mass is 276 g/mol. The van der Waals surface area contributed by atoms with Crippen molar-refractivity contribution < 1.29 is 0 Å². The van der Waals surface area contributed by atoms with Crippen molar-refractivity contribution in [3.05, 3.63) is 24.3 Å². The van der Waals surface area contributed by atoms with Crippen LogP contribution in [0.25, 0.3) is 0 Å². The highest BCUT2D eigenvalue weighted by molar-refractivity contribution is 5.55. The Morgan fingerprint density at radius 2 is 1.60 bits per heavy atom. The summed E-state index contributed by atoms with van der Waals surface area (Å²) in [5.41, 5.74) is 2.56. The van der Waals surface area contributed by atoms with Gasteiger partial charge in [-0.1, -0.05) is 32.6 Å². The zero-order chi connectivity index (χ0) is 14.8. The van der Waals surface area contributed by atoms with E-state index in [1.807, 2.05) is 0 Å². The fraction of sp³-hybridized carbons (Fsp3) is 0.667. The van der Waals surface area contributed by atoms with E-state index in [1.54, 1.807) is 0 Å². The molecule has 0 aliphatic rings. The molecule has 0 saturated carbocycles. The van der Waals surface area contributed by atoms with Crippen LogP contribution in [0.4, 0.5) is 11.4 Å². The Balaban J connectivity index is 2.40. The maximum Gasteiger partial charge on any atom is 0.0367 e. The summed E-state index contributed by atoms with van der Waals surface area (Å²) < 4.78 is 0. The van der Waals surface area contributed by atoms with Crippen LogP contribution in [0.3, 0.4) is 0 Å². The third kappa shape index (κ3) is 5.85. The van der Waals surface area contributed by atoms with Crippen molar-refractivity contribution >= 4 is 11.4 Å². The van der Waals surface area contributed by atoms with Gasteiger partial charge in [-0.25, -0.2) is 0 Å². The Labute approximate surface area is 125 Å². The number of nitrogens with one attached hydrogen (secondary N) is 1. The van der Waals surface area contributed by atoms with Gasteiger partial charge in [0.1, 0.15) is 0 Å². The van der Waals surface area contributed by atoms with E-state index in [2.05, 4.69) is 62.2 Å². The zero-order valence-electron chi connectivity index (χ0n) is 13.8. The summed E-state index contributed by atoms with van der Waals surface area (Å²) in [4.78, 5) is 2.37. The van der Waals surface area contributed by atoms with Crippen molar-refractivity contribution in [3.63, 3.8) is 0 Å². The Bertz CT molecular complexity index is 341. The third-order valence-electron chi connectivity index (χ3n) is 3.90. The summed E-state index contributed by atoms with van der Waals surface area (Å²) in [6.45, 7) is 11.1. The third-order valence-corrected chi connectivity index (χ3v) is 3.90. The van der Waals surface area contributed by atoms with E-state index in [-0.39, 0.29) is 0 Å². The van der Waals surface area contributed by atoms with Gasteiger partial charge in [0.25, 0.3) is 0 Å². The van der Waals surface area contributed by atoms with Crippen LogP contribution >= 0.6 is 0 Å². The van der Waals surface area contributed by atoms with Gasteiger partial charge in [-0.2, -0.15) is 0 Å². The molecule has 1 aromatic carbocycles. The second-order valence-corrected chi connectivity index (χ2v) is 5.61. The molecule has 0 aromatic heterocycles. The number of hydrogen-bond donors (Lipinski definition) is 1. The lowest BCUT2D eigenvalue weighted by molar-refractivity contribution is 0.594. The Kier molecular flexibility index (Phi) is 8.17. The molecular weight excluding hydrogens is 244 g/mol. The summed E-state index contributed by atoms with van der Waals surface area (Å²) in [5, 5.41) is 3.60. The van der Waals surface area contributed by atoms with E-state index in [1.165, 1.54) is 43.5 Å². The van der Waals surface area contributed by atoms with Crippen LogP contribution in [-0.2, 0) is 0 Å². The average Bonchev–Trinajstić information content (AvgIpc) is 2.47. The molecule has 2 heteroatoms. The summed E-state index contributed by atoms with van der Waals surface area (Å²) in [5.74, 6) is 0. The van der Waals surface area contributed by atoms with Crippen molar-refractivity contribution in [2.24, 2.45) is 0 Å². The lowest BCUT2D eigenvalue weighted by Gasteiger charge is -2.22. The molecule has 0 fully saturated rings. The Hall–Kier alpha value is -1.18. The molecule has 0 radical (unpaired) electrons. The molecule has 0 saturated heterocycles. The average molecular weight is 276 g/mol. The van der Waals surface area contributed by atoms with E-state index in [0.717, 1.165) is 13.1 Å². The van der Waals surface area contributed by atoms with Crippen LogP contribution < -0.4 is 10.2 Å². The van der Waals surface area contributed by atoms with Gasteiger partial charge in [0, 0.05) is 30.5 Å². The highest BCUT2D eigenvalue weighted by atomic mass is 15.1. The molecule has 0 spiro atoms. The fourth-order valence-corrected chi connectivity index (χ4v) is 2.59. The van der Waals surface area contributed by atoms with Gasteiger partial charge in [0.15, 0.2) is 0 Å². The largest absolute Gasteiger partial charge is 0.383 e. The Morgan fingerprint density at radius 3 is 2.15 bits per heavy atom. The minimum absolute atomic E-state index is 0.561. The number of anilines is 2. The predicted octanol–water partition coefficient (Wildman–Crippen LogP) is 5.30. The van der Waals surface area contributed by atoms with Crippen molar-refractivity contribution in [3.8, 4) is 0 Å². The highest BCUT2D eigenvalue weighted by Gasteiger charge is 2.04. The molecule has 2 nitrogen and oxygen atoms in total. The molecule has 0 aliphatic heterocycles. The minimum atomic E-state index is 0.561. The fourth-order valence-electron chi connectivity index (χ4n) is 2.59. The van der Waals surface area contributed by atoms with Crippen LogP contribution in [0.2, 0.25) is 0 Å². The summed E-state index contributed by atoms with van der Waals surface area (Å²) in [6.07, 6.45) is 6.64. The maximum absolute atomic E-state index is 3.60. The van der Waals surface area contributed by atoms with E-state index < -0.39 is 0 Å². The number of benzene rings is 1. The van der Waals surface area contributed by atoms with Gasteiger partial charge >= 0.3 is 0 Å². The molecule has 1 aromatic rings. The first kappa shape index (κ1) is 16.9. The molecule has 0 aliphatic carbocycles. The molecule has 1 rings (SSSR count). The summed E-state index contributed by atoms with van der Waals surface area (Å²) in [7, 11) is 0. The molecule has 114 valence electrons. The smallest absolute Gasteiger partial charge is 0.0367 e. The normalized spacial score (nSPS) is 12.2. The van der Waals surface area contributed by atoms with Crippen LogP contribution in [0.1, 0.15) is 59.8 Å². The molecule has 1 N–H and O–H groups in total. The molecular formula is C18H32N2. The first-order chi connectivity index (χ1) is 9.71. The molecule has 1 unspecified atom stereocenters. The molecule has 20 heavy (non-hydrogen) atoms. The van der Waals surface area contributed by atoms with E-state index in [0.29, 0.717) is 6.04 Å². The van der Waals surface area contributed by atoms with Crippen LogP contribution in [0, 0.1) is 0 Å². The van der Waals surface area contributed by atoms with Crippen LogP contribution in [0.15, 0.2) is 24.3 Å². The molecule has 0 amide bonds. The van der Waals surface area contributed by atoms with Crippen molar-refractivity contribution in [1.82, 2.24) is 0 Å². The highest BCUT2D eigenvalue weighted by Crippen LogP contribution is 2.19. The van der Waals surface area contributed by atoms with Gasteiger partial charge in [0.2, 0.25) is 0 Å². The Morgan fingerprint density at radius 1 is 0.950 bits per heavy atom. The van der Waals surface area contributed by atoms with E-state index in [4.69, 9.17) is 0 Å². The number of rotatable bonds is 10. The molecule has 0 bridgehead atoms. The topological polar surface area (TPSA) is 15.3 Å². The van der Waals surface area contributed by atoms with Crippen molar-refractivity contribution in [2.45, 2.75) is 65.8 Å². The minimum Gasteiger partial charge on any atom is -0.383 e. The lowest BCUT2D eigenvalue weighted by Crippen LogP contribution is -2.21. The van der Waals surface area contributed by atoms with Crippen LogP contribution in [-0.4, -0.2) is 19.1 Å². The van der Waals surface area contributed by atoms with Gasteiger partial charge in [0.05, 0.1) is 0 Å². The second kappa shape index (κ2) is 9.68. The lowest BCUT2D eigenvalue weighted by atomic mass is 10.1. The standard InChI is InChI=1S/C18H32N2/c1-5-8-9-10-11-16(4)19-17-12-14-18(15-13-17)20(6-2)7-3/h12-16,19H,5-11H2,1-4H3. The first-order valence-electron chi connectivity index (χ1n) is 8.32. The second-order valence-electron chi connectivity index (χ2n) is 5.61. The van der Waals surface area contributed by atoms with Crippen molar-refractivity contribution in [1.29, 1.82) is 0 Å². The predicted molar refractivity (Wildman–Crippen MR) is 91.8 cm³/mol. The number of nitrogens with zero attached hydrogens (tertiary/aromatic N) is 1. The van der Waals surface area contributed by atoms with Gasteiger partial charge in [-0.3, -0.25) is 0 Å². The number of unbranched alkanes of at least 4 members (excludes halogenated alkanes) is 3. The van der Waals surface area contributed by atoms with Crippen LogP contribution in [0.5, 0.6) is 0 Å². The van der Waals surface area contributed by atoms with Gasteiger partial charge in [-0.15, -0.1) is 0 Å². The van der Waals surface area contributed by atoms with E-state index >= 15 is 0 Å². The van der Waals surface area contributed by atoms with Crippen molar-refractivity contribution in [2.75, 3.05) is 23.3 Å². The van der Waals surface area contributed by atoms with Gasteiger partial charge < -0.3 is 10.2 Å². The first-order valence-corrected chi connectivity index (χ1v) is 8.32.